The molecule has 0 saturated heterocycles. The second-order valence-electron chi connectivity index (χ2n) is 13.1. The van der Waals surface area contributed by atoms with Gasteiger partial charge in [0, 0.05) is 30.0 Å². The van der Waals surface area contributed by atoms with Gasteiger partial charge in [0.05, 0.1) is 18.9 Å². The van der Waals surface area contributed by atoms with Gasteiger partial charge in [0.25, 0.3) is 0 Å². The third kappa shape index (κ3) is 7.61. The average Bonchev–Trinajstić information content (AvgIpc) is 3.85. The molecule has 7 aromatic rings. The number of thioether (sulfide) groups is 1. The van der Waals surface area contributed by atoms with Gasteiger partial charge < -0.3 is 14.4 Å². The lowest BCUT2D eigenvalue weighted by Crippen LogP contribution is -2.39. The van der Waals surface area contributed by atoms with Crippen LogP contribution >= 0.6 is 11.8 Å². The number of nitrogens with zero attached hydrogens (tertiary/aromatic N) is 6. The van der Waals surface area contributed by atoms with E-state index in [0.29, 0.717) is 35.3 Å². The Hall–Kier alpha value is -5.84. The van der Waals surface area contributed by atoms with Crippen molar-refractivity contribution in [1.29, 1.82) is 0 Å². The molecule has 2 aromatic heterocycles. The normalized spacial score (nSPS) is 11.5. The average molecular weight is 749 g/mol. The zero-order valence-corrected chi connectivity index (χ0v) is 31.9. The van der Waals surface area contributed by atoms with Crippen LogP contribution in [0.2, 0.25) is 0 Å². The van der Waals surface area contributed by atoms with Gasteiger partial charge in [-0.1, -0.05) is 146 Å². The Morgan fingerprint density at radius 1 is 0.764 bits per heavy atom. The number of carbonyl (C=O) groups excluding carboxylic acids is 1. The number of hydrogen-bond donors (Lipinski definition) is 1. The molecule has 2 heterocycles. The van der Waals surface area contributed by atoms with Crippen LogP contribution in [0.4, 0.5) is 0 Å². The number of ether oxygens (including phenoxy) is 1. The molecule has 278 valence electrons. The number of aryl methyl sites for hydroxylation is 1. The van der Waals surface area contributed by atoms with Gasteiger partial charge in [0.1, 0.15) is 11.4 Å². The highest BCUT2D eigenvalue weighted by atomic mass is 32.2. The van der Waals surface area contributed by atoms with E-state index in [1.165, 1.54) is 0 Å². The molecule has 1 N–H and O–H groups in total. The summed E-state index contributed by atoms with van der Waals surface area (Å²) in [7, 11) is 0. The highest BCUT2D eigenvalue weighted by Gasteiger charge is 2.42. The predicted octanol–water partition coefficient (Wildman–Crippen LogP) is 8.45. The maximum atomic E-state index is 13.3. The Kier molecular flexibility index (Phi) is 11.9. The smallest absolute Gasteiger partial charge is 0.356 e. The van der Waals surface area contributed by atoms with E-state index >= 15 is 0 Å². The molecule has 5 aromatic carbocycles. The van der Waals surface area contributed by atoms with Crippen LogP contribution in [0.15, 0.2) is 140 Å². The van der Waals surface area contributed by atoms with Crippen LogP contribution in [0.1, 0.15) is 64.5 Å². The van der Waals surface area contributed by atoms with Crippen LogP contribution < -0.4 is 0 Å². The van der Waals surface area contributed by atoms with Crippen molar-refractivity contribution in [2.75, 3.05) is 19.0 Å². The molecule has 0 aliphatic carbocycles. The molecule has 0 atom stereocenters. The first kappa shape index (κ1) is 37.5. The molecule has 0 aliphatic heterocycles. The molecular formula is C45H44N6O3S. The van der Waals surface area contributed by atoms with E-state index in [-0.39, 0.29) is 19.2 Å². The fraction of sp³-hybridized carbons (Fsp3) is 0.222. The summed E-state index contributed by atoms with van der Waals surface area (Å²) in [6.45, 7) is 4.73. The quantitative estimate of drug-likeness (QED) is 0.0596. The molecule has 7 rings (SSSR count). The van der Waals surface area contributed by atoms with Crippen molar-refractivity contribution in [3.05, 3.63) is 179 Å². The van der Waals surface area contributed by atoms with Gasteiger partial charge in [-0.05, 0) is 57.2 Å². The van der Waals surface area contributed by atoms with E-state index in [1.807, 2.05) is 46.5 Å². The summed E-state index contributed by atoms with van der Waals surface area (Å²) in [5.41, 5.74) is 7.29. The predicted molar refractivity (Wildman–Crippen MR) is 218 cm³/mol. The molecule has 0 unspecified atom stereocenters. The molecule has 0 fully saturated rings. The second-order valence-corrected chi connectivity index (χ2v) is 14.2. The minimum Gasteiger partial charge on any atom is -0.461 e. The minimum absolute atomic E-state index is 0.0697. The highest BCUT2D eigenvalue weighted by Crippen LogP contribution is 2.43. The third-order valence-electron chi connectivity index (χ3n) is 9.67. The van der Waals surface area contributed by atoms with Gasteiger partial charge >= 0.3 is 5.97 Å². The second kappa shape index (κ2) is 17.5. The SMILES string of the molecule is CCCc1nc(CSCCO)c(C(=O)OCC)n1Cc1ccc(-c2ccccc2-c2nnnn2C(c2ccccc2)(c2ccccc2)c2ccccc2)cc1. The van der Waals surface area contributed by atoms with Gasteiger partial charge in [0.2, 0.25) is 0 Å². The van der Waals surface area contributed by atoms with Gasteiger partial charge in [-0.2, -0.15) is 11.8 Å². The minimum atomic E-state index is -0.882. The summed E-state index contributed by atoms with van der Waals surface area (Å²) in [5.74, 6) is 2.19. The molecule has 10 heteroatoms. The van der Waals surface area contributed by atoms with Gasteiger partial charge in [-0.3, -0.25) is 0 Å². The van der Waals surface area contributed by atoms with Crippen molar-refractivity contribution >= 4 is 17.7 Å². The zero-order valence-electron chi connectivity index (χ0n) is 31.1. The monoisotopic (exact) mass is 748 g/mol. The number of aliphatic hydroxyl groups is 1. The van der Waals surface area contributed by atoms with Crippen molar-refractivity contribution in [3.8, 4) is 22.5 Å². The fourth-order valence-corrected chi connectivity index (χ4v) is 7.96. The van der Waals surface area contributed by atoms with Gasteiger partial charge in [0.15, 0.2) is 11.5 Å². The van der Waals surface area contributed by atoms with E-state index in [9.17, 15) is 9.90 Å². The Balaban J connectivity index is 1.31. The Morgan fingerprint density at radius 2 is 1.35 bits per heavy atom. The zero-order chi connectivity index (χ0) is 38.0. The molecule has 55 heavy (non-hydrogen) atoms. The molecule has 9 nitrogen and oxygen atoms in total. The van der Waals surface area contributed by atoms with Crippen molar-refractivity contribution < 1.29 is 14.6 Å². The van der Waals surface area contributed by atoms with Crippen LogP contribution in [-0.4, -0.2) is 59.8 Å². The van der Waals surface area contributed by atoms with Crippen LogP contribution in [0.25, 0.3) is 22.5 Å². The number of benzene rings is 5. The first-order valence-corrected chi connectivity index (χ1v) is 19.8. The van der Waals surface area contributed by atoms with Crippen molar-refractivity contribution in [3.63, 3.8) is 0 Å². The Labute approximate surface area is 326 Å². The fourth-order valence-electron chi connectivity index (χ4n) is 7.29. The van der Waals surface area contributed by atoms with Crippen LogP contribution in [0.5, 0.6) is 0 Å². The first-order chi connectivity index (χ1) is 27.1. The van der Waals surface area contributed by atoms with Crippen molar-refractivity contribution in [2.45, 2.75) is 44.5 Å². The summed E-state index contributed by atoms with van der Waals surface area (Å²) in [4.78, 5) is 18.2. The van der Waals surface area contributed by atoms with Crippen LogP contribution in [0.3, 0.4) is 0 Å². The number of aliphatic hydroxyl groups excluding tert-OH is 1. The summed E-state index contributed by atoms with van der Waals surface area (Å²) < 4.78 is 9.48. The summed E-state index contributed by atoms with van der Waals surface area (Å²) in [6, 6.07) is 47.8. The lowest BCUT2D eigenvalue weighted by atomic mass is 9.77. The van der Waals surface area contributed by atoms with Crippen molar-refractivity contribution in [2.24, 2.45) is 0 Å². The topological polar surface area (TPSA) is 108 Å². The van der Waals surface area contributed by atoms with E-state index in [4.69, 9.17) is 20.0 Å². The van der Waals surface area contributed by atoms with E-state index in [1.54, 1.807) is 11.8 Å². The number of carbonyl (C=O) groups is 1. The van der Waals surface area contributed by atoms with E-state index in [2.05, 4.69) is 121 Å². The molecule has 0 aliphatic rings. The van der Waals surface area contributed by atoms with Crippen LogP contribution in [0, 0.1) is 0 Å². The molecule has 0 bridgehead atoms. The lowest BCUT2D eigenvalue weighted by Gasteiger charge is -2.36. The number of esters is 1. The number of hydrogen-bond acceptors (Lipinski definition) is 8. The molecule has 0 amide bonds. The summed E-state index contributed by atoms with van der Waals surface area (Å²) in [6.07, 6.45) is 1.62. The standard InChI is InChI=1S/C45H44N6O3S/c1-3-16-41-46-40(32-55-30-29-52)42(44(53)54-4-2)50(41)31-33-25-27-34(28-26-33)38-23-14-15-24-39(38)43-47-48-49-51(43)45(35-17-8-5-9-18-35,36-19-10-6-11-20-36)37-21-12-7-13-22-37/h5-15,17-28,52H,3-4,16,29-32H2,1-2H3. The highest BCUT2D eigenvalue weighted by molar-refractivity contribution is 7.98. The molecule has 0 saturated carbocycles. The third-order valence-corrected chi connectivity index (χ3v) is 10.6. The number of rotatable bonds is 16. The Morgan fingerprint density at radius 3 is 1.91 bits per heavy atom. The van der Waals surface area contributed by atoms with E-state index in [0.717, 1.165) is 57.6 Å². The first-order valence-electron chi connectivity index (χ1n) is 18.7. The number of aromatic nitrogens is 6. The largest absolute Gasteiger partial charge is 0.461 e. The maximum Gasteiger partial charge on any atom is 0.356 e. The molecular weight excluding hydrogens is 705 g/mol. The summed E-state index contributed by atoms with van der Waals surface area (Å²) in [5, 5.41) is 23.2. The number of tetrazole rings is 1. The Bertz CT molecular complexity index is 2210. The van der Waals surface area contributed by atoms with Gasteiger partial charge in [-0.15, -0.1) is 5.10 Å². The van der Waals surface area contributed by atoms with Crippen molar-refractivity contribution in [1.82, 2.24) is 29.8 Å². The van der Waals surface area contributed by atoms with E-state index < -0.39 is 5.54 Å². The number of imidazole rings is 1. The lowest BCUT2D eigenvalue weighted by molar-refractivity contribution is 0.0513. The summed E-state index contributed by atoms with van der Waals surface area (Å²) >= 11 is 1.55. The molecule has 0 radical (unpaired) electrons. The van der Waals surface area contributed by atoms with Gasteiger partial charge in [-0.25, -0.2) is 14.5 Å². The van der Waals surface area contributed by atoms with Crippen LogP contribution in [-0.2, 0) is 29.0 Å². The maximum absolute atomic E-state index is 13.3. The molecule has 0 spiro atoms.